The summed E-state index contributed by atoms with van der Waals surface area (Å²) in [6.07, 6.45) is 1.67. The Bertz CT molecular complexity index is 914. The van der Waals surface area contributed by atoms with Gasteiger partial charge in [-0.25, -0.2) is 0 Å². The van der Waals surface area contributed by atoms with E-state index in [0.717, 1.165) is 40.2 Å². The molecule has 7 heteroatoms. The van der Waals surface area contributed by atoms with Gasteiger partial charge in [0.05, 0.1) is 11.8 Å². The van der Waals surface area contributed by atoms with Crippen LogP contribution in [0.1, 0.15) is 28.6 Å². The highest BCUT2D eigenvalue weighted by molar-refractivity contribution is 7.98. The Kier molecular flexibility index (Phi) is 5.46. The molecular weight excluding hydrogens is 348 g/mol. The molecule has 6 nitrogen and oxygen atoms in total. The number of carbonyl (C=O) groups excluding carboxylic acids is 1. The summed E-state index contributed by atoms with van der Waals surface area (Å²) in [5.41, 5.74) is 2.74. The van der Waals surface area contributed by atoms with Crippen LogP contribution < -0.4 is 0 Å². The largest absolute Gasteiger partial charge is 0.469 e. The van der Waals surface area contributed by atoms with E-state index >= 15 is 0 Å². The molecule has 0 atom stereocenters. The summed E-state index contributed by atoms with van der Waals surface area (Å²) in [6.45, 7) is 4.77. The van der Waals surface area contributed by atoms with Crippen molar-refractivity contribution in [3.8, 4) is 11.4 Å². The molecule has 0 bridgehead atoms. The van der Waals surface area contributed by atoms with Crippen molar-refractivity contribution < 1.29 is 9.21 Å². The summed E-state index contributed by atoms with van der Waals surface area (Å²) in [6, 6.07) is 9.62. The van der Waals surface area contributed by atoms with Crippen molar-refractivity contribution in [2.45, 2.75) is 31.3 Å². The Balaban J connectivity index is 1.79. The predicted octanol–water partition coefficient (Wildman–Crippen LogP) is 3.86. The Morgan fingerprint density at radius 2 is 2.08 bits per heavy atom. The molecule has 0 unspecified atom stereocenters. The molecule has 0 aliphatic rings. The number of carbonyl (C=O) groups is 1. The number of amides is 1. The summed E-state index contributed by atoms with van der Waals surface area (Å²) in [7, 11) is 3.51. The number of furan rings is 1. The predicted molar refractivity (Wildman–Crippen MR) is 102 cm³/mol. The van der Waals surface area contributed by atoms with Crippen LogP contribution in [0.4, 0.5) is 0 Å². The molecule has 1 amide bonds. The van der Waals surface area contributed by atoms with Crippen LogP contribution in [0, 0.1) is 6.92 Å². The Hall–Kier alpha value is -2.54. The molecule has 1 aromatic carbocycles. The molecule has 3 rings (SSSR count). The van der Waals surface area contributed by atoms with Gasteiger partial charge in [-0.15, -0.1) is 10.2 Å². The van der Waals surface area contributed by atoms with E-state index < -0.39 is 0 Å². The molecule has 0 saturated carbocycles. The van der Waals surface area contributed by atoms with E-state index in [9.17, 15) is 4.79 Å². The molecule has 136 valence electrons. The van der Waals surface area contributed by atoms with E-state index in [4.69, 9.17) is 4.42 Å². The summed E-state index contributed by atoms with van der Waals surface area (Å²) >= 11 is 1.61. The van der Waals surface area contributed by atoms with Crippen LogP contribution in [-0.2, 0) is 12.3 Å². The molecule has 0 saturated heterocycles. The number of aryl methyl sites for hydroxylation is 1. The topological polar surface area (TPSA) is 64.2 Å². The fraction of sp³-hybridized carbons (Fsp3) is 0.316. The van der Waals surface area contributed by atoms with E-state index in [0.29, 0.717) is 5.56 Å². The third kappa shape index (κ3) is 3.67. The molecule has 0 aliphatic carbocycles. The van der Waals surface area contributed by atoms with Crippen molar-refractivity contribution in [2.24, 2.45) is 0 Å². The lowest BCUT2D eigenvalue weighted by Crippen LogP contribution is -2.21. The van der Waals surface area contributed by atoms with Gasteiger partial charge in [0, 0.05) is 32.0 Å². The SMILES string of the molecule is CCn1c(SCc2cccc(C(=O)N(C)C)c2)nnc1-c1ccoc1C. The van der Waals surface area contributed by atoms with Gasteiger partial charge < -0.3 is 13.9 Å². The van der Waals surface area contributed by atoms with Crippen LogP contribution in [-0.4, -0.2) is 39.7 Å². The number of hydrogen-bond donors (Lipinski definition) is 0. The first-order valence-corrected chi connectivity index (χ1v) is 9.41. The number of thioether (sulfide) groups is 1. The number of benzene rings is 1. The number of nitrogens with zero attached hydrogens (tertiary/aromatic N) is 4. The van der Waals surface area contributed by atoms with Crippen molar-refractivity contribution in [1.29, 1.82) is 0 Å². The van der Waals surface area contributed by atoms with Crippen LogP contribution in [0.2, 0.25) is 0 Å². The average molecular weight is 370 g/mol. The molecule has 2 aromatic heterocycles. The Morgan fingerprint density at radius 3 is 2.73 bits per heavy atom. The van der Waals surface area contributed by atoms with Gasteiger partial charge in [0.15, 0.2) is 11.0 Å². The third-order valence-electron chi connectivity index (χ3n) is 4.08. The van der Waals surface area contributed by atoms with Gasteiger partial charge in [-0.2, -0.15) is 0 Å². The maximum atomic E-state index is 12.1. The highest BCUT2D eigenvalue weighted by Gasteiger charge is 2.16. The van der Waals surface area contributed by atoms with E-state index in [2.05, 4.69) is 21.7 Å². The van der Waals surface area contributed by atoms with Gasteiger partial charge in [-0.1, -0.05) is 23.9 Å². The molecule has 0 radical (unpaired) electrons. The smallest absolute Gasteiger partial charge is 0.253 e. The number of hydrogen-bond acceptors (Lipinski definition) is 5. The molecule has 0 aliphatic heterocycles. The minimum atomic E-state index is 0.00583. The number of rotatable bonds is 6. The van der Waals surface area contributed by atoms with Gasteiger partial charge in [-0.3, -0.25) is 4.79 Å². The molecule has 2 heterocycles. The molecule has 26 heavy (non-hydrogen) atoms. The fourth-order valence-corrected chi connectivity index (χ4v) is 3.64. The number of aromatic nitrogens is 3. The van der Waals surface area contributed by atoms with E-state index in [1.54, 1.807) is 37.0 Å². The molecule has 3 aromatic rings. The summed E-state index contributed by atoms with van der Waals surface area (Å²) < 4.78 is 7.47. The van der Waals surface area contributed by atoms with E-state index in [-0.39, 0.29) is 5.91 Å². The lowest BCUT2D eigenvalue weighted by atomic mass is 10.1. The van der Waals surface area contributed by atoms with E-state index in [1.165, 1.54) is 0 Å². The second-order valence-corrected chi connectivity index (χ2v) is 7.07. The van der Waals surface area contributed by atoms with Gasteiger partial charge in [0.1, 0.15) is 5.76 Å². The maximum Gasteiger partial charge on any atom is 0.253 e. The van der Waals surface area contributed by atoms with Crippen molar-refractivity contribution in [2.75, 3.05) is 14.1 Å². The first kappa shape index (κ1) is 18.3. The van der Waals surface area contributed by atoms with Crippen molar-refractivity contribution in [3.63, 3.8) is 0 Å². The second-order valence-electron chi connectivity index (χ2n) is 6.13. The van der Waals surface area contributed by atoms with Crippen LogP contribution in [0.5, 0.6) is 0 Å². The minimum absolute atomic E-state index is 0.00583. The molecular formula is C19H22N4O2S. The lowest BCUT2D eigenvalue weighted by Gasteiger charge is -2.11. The van der Waals surface area contributed by atoms with Gasteiger partial charge in [0.25, 0.3) is 5.91 Å². The monoisotopic (exact) mass is 370 g/mol. The first-order chi connectivity index (χ1) is 12.5. The standard InChI is InChI=1S/C19H22N4O2S/c1-5-23-17(16-9-10-25-13(16)2)20-21-19(23)26-12-14-7-6-8-15(11-14)18(24)22(3)4/h6-11H,5,12H2,1-4H3. The third-order valence-corrected chi connectivity index (χ3v) is 5.12. The Labute approximate surface area is 157 Å². The average Bonchev–Trinajstić information content (AvgIpc) is 3.24. The van der Waals surface area contributed by atoms with Crippen molar-refractivity contribution in [3.05, 3.63) is 53.5 Å². The van der Waals surface area contributed by atoms with Crippen LogP contribution in [0.15, 0.2) is 46.2 Å². The van der Waals surface area contributed by atoms with Crippen LogP contribution in [0.3, 0.4) is 0 Å². The molecule has 0 fully saturated rings. The second kappa shape index (κ2) is 7.78. The summed E-state index contributed by atoms with van der Waals surface area (Å²) in [4.78, 5) is 13.7. The van der Waals surface area contributed by atoms with Crippen LogP contribution >= 0.6 is 11.8 Å². The van der Waals surface area contributed by atoms with Gasteiger partial charge in [-0.05, 0) is 37.6 Å². The van der Waals surface area contributed by atoms with Crippen molar-refractivity contribution >= 4 is 17.7 Å². The first-order valence-electron chi connectivity index (χ1n) is 8.42. The molecule has 0 spiro atoms. The lowest BCUT2D eigenvalue weighted by molar-refractivity contribution is 0.0827. The zero-order valence-electron chi connectivity index (χ0n) is 15.4. The highest BCUT2D eigenvalue weighted by Crippen LogP contribution is 2.28. The van der Waals surface area contributed by atoms with Crippen LogP contribution in [0.25, 0.3) is 11.4 Å². The highest BCUT2D eigenvalue weighted by atomic mass is 32.2. The Morgan fingerprint density at radius 1 is 1.27 bits per heavy atom. The normalized spacial score (nSPS) is 10.9. The fourth-order valence-electron chi connectivity index (χ4n) is 2.70. The minimum Gasteiger partial charge on any atom is -0.469 e. The zero-order chi connectivity index (χ0) is 18.7. The quantitative estimate of drug-likeness (QED) is 0.617. The van der Waals surface area contributed by atoms with Crippen molar-refractivity contribution in [1.82, 2.24) is 19.7 Å². The van der Waals surface area contributed by atoms with Gasteiger partial charge in [0.2, 0.25) is 0 Å². The summed E-state index contributed by atoms with van der Waals surface area (Å²) in [5.74, 6) is 2.37. The van der Waals surface area contributed by atoms with E-state index in [1.807, 2.05) is 37.3 Å². The maximum absolute atomic E-state index is 12.1. The van der Waals surface area contributed by atoms with Gasteiger partial charge >= 0.3 is 0 Å². The zero-order valence-corrected chi connectivity index (χ0v) is 16.2. The summed E-state index contributed by atoms with van der Waals surface area (Å²) in [5, 5.41) is 9.54. The molecule has 0 N–H and O–H groups in total.